The van der Waals surface area contributed by atoms with E-state index in [-0.39, 0.29) is 22.6 Å². The highest BCUT2D eigenvalue weighted by molar-refractivity contribution is 6.54. The highest BCUT2D eigenvalue weighted by Crippen LogP contribution is 2.44. The number of hydrogen-bond acceptors (Lipinski definition) is 4. The van der Waals surface area contributed by atoms with Crippen LogP contribution < -0.4 is 0 Å². The lowest BCUT2D eigenvalue weighted by Gasteiger charge is -2.23. The molecule has 0 aliphatic heterocycles. The van der Waals surface area contributed by atoms with E-state index >= 15 is 0 Å². The van der Waals surface area contributed by atoms with E-state index in [1.165, 1.54) is 6.07 Å². The molecule has 2 aromatic rings. The van der Waals surface area contributed by atoms with Crippen molar-refractivity contribution in [3.05, 3.63) is 53.1 Å². The van der Waals surface area contributed by atoms with Gasteiger partial charge in [0.05, 0.1) is 11.1 Å². The van der Waals surface area contributed by atoms with Gasteiger partial charge >= 0.3 is 0 Å². The number of hydrogen-bond donors (Lipinski definition) is 2. The summed E-state index contributed by atoms with van der Waals surface area (Å²) in [5.74, 6) is -2.02. The molecule has 2 N–H and O–H groups in total. The molecule has 0 heterocycles. The van der Waals surface area contributed by atoms with Crippen molar-refractivity contribution in [1.82, 2.24) is 0 Å². The molecular weight excluding hydrogens is 304 g/mol. The number of carbonyl (C=O) groups is 2. The molecule has 1 aliphatic carbocycles. The molecule has 4 heteroatoms. The smallest absolute Gasteiger partial charge is 0.238 e. The molecule has 0 fully saturated rings. The summed E-state index contributed by atoms with van der Waals surface area (Å²) in [6.07, 6.45) is 1.67. The van der Waals surface area contributed by atoms with Crippen molar-refractivity contribution in [2.45, 2.75) is 26.7 Å². The zero-order chi connectivity index (χ0) is 17.6. The van der Waals surface area contributed by atoms with Crippen LogP contribution in [0.15, 0.2) is 30.8 Å². The second-order valence-electron chi connectivity index (χ2n) is 6.03. The van der Waals surface area contributed by atoms with E-state index in [1.54, 1.807) is 25.1 Å². The SMILES string of the molecule is C=C(CCC)c1cc2c(c(O)c1C)C(=O)C(=O)c1c(O)cccc1-2. The van der Waals surface area contributed by atoms with Crippen molar-refractivity contribution in [2.75, 3.05) is 0 Å². The predicted octanol–water partition coefficient (Wildman–Crippen LogP) is 4.27. The third kappa shape index (κ3) is 2.14. The Morgan fingerprint density at radius 1 is 1.08 bits per heavy atom. The number of ketones is 2. The summed E-state index contributed by atoms with van der Waals surface area (Å²) in [5.41, 5.74) is 3.07. The summed E-state index contributed by atoms with van der Waals surface area (Å²) in [4.78, 5) is 24.8. The van der Waals surface area contributed by atoms with E-state index in [4.69, 9.17) is 0 Å². The Hall–Kier alpha value is -2.88. The van der Waals surface area contributed by atoms with E-state index in [1.807, 2.05) is 6.92 Å². The minimum Gasteiger partial charge on any atom is -0.507 e. The molecule has 0 spiro atoms. The fourth-order valence-corrected chi connectivity index (χ4v) is 3.24. The van der Waals surface area contributed by atoms with Crippen molar-refractivity contribution in [3.63, 3.8) is 0 Å². The van der Waals surface area contributed by atoms with Gasteiger partial charge in [-0.25, -0.2) is 0 Å². The van der Waals surface area contributed by atoms with Crippen LogP contribution in [0.1, 0.15) is 51.6 Å². The summed E-state index contributed by atoms with van der Waals surface area (Å²) in [5, 5.41) is 20.6. The number of fused-ring (bicyclic) bond motifs is 3. The molecule has 0 atom stereocenters. The van der Waals surface area contributed by atoms with Crippen LogP contribution in [0.4, 0.5) is 0 Å². The molecule has 0 unspecified atom stereocenters. The molecule has 4 nitrogen and oxygen atoms in total. The molecule has 3 rings (SSSR count). The van der Waals surface area contributed by atoms with Gasteiger partial charge in [-0.1, -0.05) is 32.1 Å². The molecule has 0 radical (unpaired) electrons. The Morgan fingerprint density at radius 3 is 2.42 bits per heavy atom. The van der Waals surface area contributed by atoms with Gasteiger partial charge in [0, 0.05) is 0 Å². The number of rotatable bonds is 3. The van der Waals surface area contributed by atoms with Gasteiger partial charge in [-0.2, -0.15) is 0 Å². The maximum absolute atomic E-state index is 12.5. The molecule has 24 heavy (non-hydrogen) atoms. The highest BCUT2D eigenvalue weighted by atomic mass is 16.3. The van der Waals surface area contributed by atoms with Gasteiger partial charge in [-0.05, 0) is 53.3 Å². The summed E-state index contributed by atoms with van der Waals surface area (Å²) in [6.45, 7) is 7.81. The van der Waals surface area contributed by atoms with Gasteiger partial charge in [-0.15, -0.1) is 0 Å². The van der Waals surface area contributed by atoms with Crippen molar-refractivity contribution in [2.24, 2.45) is 0 Å². The lowest BCUT2D eigenvalue weighted by molar-refractivity contribution is 0.0811. The predicted molar refractivity (Wildman–Crippen MR) is 92.5 cm³/mol. The first kappa shape index (κ1) is 16.0. The number of benzene rings is 2. The van der Waals surface area contributed by atoms with Crippen molar-refractivity contribution < 1.29 is 19.8 Å². The third-order valence-corrected chi connectivity index (χ3v) is 4.48. The van der Waals surface area contributed by atoms with Crippen LogP contribution in [0.3, 0.4) is 0 Å². The van der Waals surface area contributed by atoms with E-state index in [0.29, 0.717) is 16.7 Å². The lowest BCUT2D eigenvalue weighted by atomic mass is 9.80. The molecule has 0 amide bonds. The van der Waals surface area contributed by atoms with Crippen LogP contribution in [0, 0.1) is 6.92 Å². The average molecular weight is 322 g/mol. The van der Waals surface area contributed by atoms with Gasteiger partial charge in [0.25, 0.3) is 0 Å². The van der Waals surface area contributed by atoms with Gasteiger partial charge in [-0.3, -0.25) is 9.59 Å². The van der Waals surface area contributed by atoms with Crippen LogP contribution in [0.5, 0.6) is 11.5 Å². The minimum atomic E-state index is -0.801. The molecule has 1 aliphatic rings. The van der Waals surface area contributed by atoms with E-state index in [0.717, 1.165) is 24.0 Å². The normalized spacial score (nSPS) is 12.8. The molecule has 0 saturated carbocycles. The topological polar surface area (TPSA) is 74.6 Å². The molecule has 0 bridgehead atoms. The van der Waals surface area contributed by atoms with Crippen LogP contribution in [-0.4, -0.2) is 21.8 Å². The van der Waals surface area contributed by atoms with Gasteiger partial charge in [0.15, 0.2) is 0 Å². The van der Waals surface area contributed by atoms with Crippen molar-refractivity contribution >= 4 is 17.1 Å². The molecule has 0 aromatic heterocycles. The second-order valence-corrected chi connectivity index (χ2v) is 6.03. The summed E-state index contributed by atoms with van der Waals surface area (Å²) >= 11 is 0. The number of carbonyl (C=O) groups excluding carboxylic acids is 2. The Bertz CT molecular complexity index is 906. The maximum Gasteiger partial charge on any atom is 0.238 e. The summed E-state index contributed by atoms with van der Waals surface area (Å²) in [6, 6.07) is 6.43. The number of phenolic OH excluding ortho intramolecular Hbond substituents is 2. The van der Waals surface area contributed by atoms with Crippen LogP contribution >= 0.6 is 0 Å². The number of aromatic hydroxyl groups is 2. The van der Waals surface area contributed by atoms with E-state index in [9.17, 15) is 19.8 Å². The minimum absolute atomic E-state index is 0.00338. The average Bonchev–Trinajstić information content (AvgIpc) is 2.55. The second kappa shape index (κ2) is 5.64. The van der Waals surface area contributed by atoms with Gasteiger partial charge < -0.3 is 10.2 Å². The van der Waals surface area contributed by atoms with Crippen molar-refractivity contribution in [3.8, 4) is 22.6 Å². The van der Waals surface area contributed by atoms with Crippen molar-refractivity contribution in [1.29, 1.82) is 0 Å². The summed E-state index contributed by atoms with van der Waals surface area (Å²) < 4.78 is 0. The Morgan fingerprint density at radius 2 is 1.75 bits per heavy atom. The zero-order valence-corrected chi connectivity index (χ0v) is 13.6. The lowest BCUT2D eigenvalue weighted by Crippen LogP contribution is -2.22. The van der Waals surface area contributed by atoms with Crippen LogP contribution in [0.2, 0.25) is 0 Å². The first-order valence-electron chi connectivity index (χ1n) is 7.84. The largest absolute Gasteiger partial charge is 0.507 e. The maximum atomic E-state index is 12.5. The Kier molecular flexibility index (Phi) is 3.76. The number of allylic oxidation sites excluding steroid dienone is 1. The molecule has 2 aromatic carbocycles. The van der Waals surface area contributed by atoms with Gasteiger partial charge in [0.2, 0.25) is 11.6 Å². The number of Topliss-reactive ketones (excluding diaryl/α,β-unsaturated/α-hetero) is 2. The fourth-order valence-electron chi connectivity index (χ4n) is 3.24. The molecule has 0 saturated heterocycles. The number of phenols is 2. The molecular formula is C20H18O4. The standard InChI is InChI=1S/C20H18O4/c1-4-6-10(2)13-9-14-12-7-5-8-15(21)16(12)19(23)20(24)17(14)18(22)11(13)3/h5,7-9,21-22H,2,4,6H2,1,3H3. The monoisotopic (exact) mass is 322 g/mol. The van der Waals surface area contributed by atoms with Crippen LogP contribution in [-0.2, 0) is 0 Å². The van der Waals surface area contributed by atoms with E-state index in [2.05, 4.69) is 6.58 Å². The highest BCUT2D eigenvalue weighted by Gasteiger charge is 2.36. The first-order valence-corrected chi connectivity index (χ1v) is 7.84. The van der Waals surface area contributed by atoms with Crippen LogP contribution in [0.25, 0.3) is 16.7 Å². The Balaban J connectivity index is 2.37. The third-order valence-electron chi connectivity index (χ3n) is 4.48. The summed E-state index contributed by atoms with van der Waals surface area (Å²) in [7, 11) is 0. The zero-order valence-electron chi connectivity index (χ0n) is 13.6. The fraction of sp³-hybridized carbons (Fsp3) is 0.200. The first-order chi connectivity index (χ1) is 11.4. The Labute approximate surface area is 140 Å². The quantitative estimate of drug-likeness (QED) is 0.828. The van der Waals surface area contributed by atoms with Gasteiger partial charge in [0.1, 0.15) is 11.5 Å². The van der Waals surface area contributed by atoms with E-state index < -0.39 is 11.6 Å². The molecule has 122 valence electrons.